The minimum atomic E-state index is 0.653. The van der Waals surface area contributed by atoms with Gasteiger partial charge in [-0.2, -0.15) is 0 Å². The molecule has 112 valence electrons. The number of para-hydroxylation sites is 1. The molecular weight excluding hydrogens is 308 g/mol. The van der Waals surface area contributed by atoms with E-state index in [1.54, 1.807) is 0 Å². The van der Waals surface area contributed by atoms with Gasteiger partial charge in [-0.1, -0.05) is 35.1 Å². The molecule has 0 radical (unpaired) electrons. The van der Waals surface area contributed by atoms with E-state index in [4.69, 9.17) is 17.4 Å². The molecule has 0 bridgehead atoms. The predicted molar refractivity (Wildman–Crippen MR) is 86.7 cm³/mol. The van der Waals surface area contributed by atoms with E-state index in [0.29, 0.717) is 5.13 Å². The molecule has 1 fully saturated rings. The summed E-state index contributed by atoms with van der Waals surface area (Å²) >= 11 is 7.74. The van der Waals surface area contributed by atoms with Gasteiger partial charge in [0.05, 0.1) is 17.3 Å². The molecule has 0 unspecified atom stereocenters. The zero-order valence-electron chi connectivity index (χ0n) is 11.5. The molecule has 0 spiro atoms. The lowest BCUT2D eigenvalue weighted by Crippen LogP contribution is -2.46. The predicted octanol–water partition coefficient (Wildman–Crippen LogP) is 1.80. The summed E-state index contributed by atoms with van der Waals surface area (Å²) in [7, 11) is 0. The van der Waals surface area contributed by atoms with Crippen LogP contribution in [0.1, 0.15) is 5.01 Å². The lowest BCUT2D eigenvalue weighted by molar-refractivity contribution is 0.249. The van der Waals surface area contributed by atoms with Gasteiger partial charge in [0.25, 0.3) is 0 Å². The number of hydrogen-bond acceptors (Lipinski definition) is 7. The molecule has 3 rings (SSSR count). The minimum Gasteiger partial charge on any atom is -0.368 e. The lowest BCUT2D eigenvalue weighted by atomic mass is 10.2. The average Bonchev–Trinajstić information content (AvgIpc) is 2.96. The van der Waals surface area contributed by atoms with Crippen LogP contribution in [0, 0.1) is 0 Å². The number of nitrogen functional groups attached to an aromatic ring is 1. The number of rotatable bonds is 4. The normalized spacial score (nSPS) is 16.2. The third kappa shape index (κ3) is 3.44. The number of hydrogen-bond donors (Lipinski definition) is 2. The third-order valence-corrected chi connectivity index (χ3v) is 4.67. The first-order chi connectivity index (χ1) is 10.3. The van der Waals surface area contributed by atoms with E-state index in [-0.39, 0.29) is 0 Å². The van der Waals surface area contributed by atoms with Gasteiger partial charge in [0.15, 0.2) is 0 Å². The van der Waals surface area contributed by atoms with Crippen LogP contribution in [0.4, 0.5) is 10.8 Å². The highest BCUT2D eigenvalue weighted by Gasteiger charge is 2.19. The van der Waals surface area contributed by atoms with E-state index in [1.807, 2.05) is 18.2 Å². The molecule has 1 aliphatic heterocycles. The van der Waals surface area contributed by atoms with Crippen molar-refractivity contribution in [2.75, 3.05) is 36.5 Å². The lowest BCUT2D eigenvalue weighted by Gasteiger charge is -2.36. The van der Waals surface area contributed by atoms with Gasteiger partial charge in [-0.3, -0.25) is 10.3 Å². The number of nitrogens with one attached hydrogen (secondary N) is 1. The van der Waals surface area contributed by atoms with Crippen LogP contribution >= 0.6 is 22.9 Å². The summed E-state index contributed by atoms with van der Waals surface area (Å²) < 4.78 is 0. The van der Waals surface area contributed by atoms with Crippen LogP contribution in [0.5, 0.6) is 0 Å². The largest absolute Gasteiger partial charge is 0.368 e. The zero-order valence-corrected chi connectivity index (χ0v) is 13.1. The second-order valence-corrected chi connectivity index (χ2v) is 6.33. The van der Waals surface area contributed by atoms with Crippen molar-refractivity contribution in [1.82, 2.24) is 15.1 Å². The molecule has 0 saturated carbocycles. The summed E-state index contributed by atoms with van der Waals surface area (Å²) in [6.07, 6.45) is 0. The zero-order chi connectivity index (χ0) is 14.7. The molecule has 3 N–H and O–H groups in total. The number of halogens is 1. The van der Waals surface area contributed by atoms with Crippen molar-refractivity contribution >= 4 is 33.8 Å². The quantitative estimate of drug-likeness (QED) is 0.660. The van der Waals surface area contributed by atoms with Gasteiger partial charge in [-0.15, -0.1) is 10.2 Å². The van der Waals surface area contributed by atoms with E-state index in [1.165, 1.54) is 11.3 Å². The van der Waals surface area contributed by atoms with Gasteiger partial charge >= 0.3 is 0 Å². The number of piperazine rings is 1. The first-order valence-electron chi connectivity index (χ1n) is 6.77. The topological polar surface area (TPSA) is 70.3 Å². The second kappa shape index (κ2) is 6.57. The first-order valence-corrected chi connectivity index (χ1v) is 7.96. The van der Waals surface area contributed by atoms with Crippen LogP contribution in [0.3, 0.4) is 0 Å². The average molecular weight is 325 g/mol. The molecule has 1 aromatic carbocycles. The number of benzene rings is 1. The summed E-state index contributed by atoms with van der Waals surface area (Å²) in [4.78, 5) is 4.69. The highest BCUT2D eigenvalue weighted by molar-refractivity contribution is 7.15. The Balaban J connectivity index is 1.56. The van der Waals surface area contributed by atoms with Gasteiger partial charge in [0.2, 0.25) is 5.13 Å². The van der Waals surface area contributed by atoms with Gasteiger partial charge < -0.3 is 4.90 Å². The smallest absolute Gasteiger partial charge is 0.219 e. The van der Waals surface area contributed by atoms with Crippen molar-refractivity contribution in [3.05, 3.63) is 34.3 Å². The van der Waals surface area contributed by atoms with Crippen molar-refractivity contribution < 1.29 is 0 Å². The standard InChI is InChI=1S/C13H17ClN6S/c14-10-3-1-2-4-11(10)20-7-5-19(6-8-20)9-12-17-18-13(16-15)21-12/h1-4H,5-9,15H2,(H,16,18). The van der Waals surface area contributed by atoms with Crippen molar-refractivity contribution in [1.29, 1.82) is 0 Å². The van der Waals surface area contributed by atoms with E-state index in [0.717, 1.165) is 48.4 Å². The molecule has 6 nitrogen and oxygen atoms in total. The van der Waals surface area contributed by atoms with Crippen molar-refractivity contribution in [3.8, 4) is 0 Å². The number of aromatic nitrogens is 2. The Bertz CT molecular complexity index is 596. The number of nitrogens with two attached hydrogens (primary N) is 1. The molecule has 0 atom stereocenters. The number of nitrogens with zero attached hydrogens (tertiary/aromatic N) is 4. The van der Waals surface area contributed by atoms with Crippen LogP contribution in [0.2, 0.25) is 5.02 Å². The number of hydrazine groups is 1. The van der Waals surface area contributed by atoms with Crippen LogP contribution in [-0.2, 0) is 6.54 Å². The third-order valence-electron chi connectivity index (χ3n) is 3.51. The first kappa shape index (κ1) is 14.5. The summed E-state index contributed by atoms with van der Waals surface area (Å²) in [5, 5.41) is 10.5. The maximum absolute atomic E-state index is 6.25. The van der Waals surface area contributed by atoms with Gasteiger partial charge in [0.1, 0.15) is 5.01 Å². The highest BCUT2D eigenvalue weighted by Crippen LogP contribution is 2.26. The molecule has 1 aromatic heterocycles. The van der Waals surface area contributed by atoms with E-state index in [9.17, 15) is 0 Å². The van der Waals surface area contributed by atoms with Gasteiger partial charge in [-0.25, -0.2) is 5.84 Å². The Morgan fingerprint density at radius 1 is 1.19 bits per heavy atom. The summed E-state index contributed by atoms with van der Waals surface area (Å²) in [6.45, 7) is 4.71. The molecule has 0 aliphatic carbocycles. The Morgan fingerprint density at radius 2 is 1.95 bits per heavy atom. The van der Waals surface area contributed by atoms with Crippen molar-refractivity contribution in [2.45, 2.75) is 6.54 Å². The molecule has 1 aliphatic rings. The molecule has 21 heavy (non-hydrogen) atoms. The van der Waals surface area contributed by atoms with Crippen LogP contribution in [-0.4, -0.2) is 41.3 Å². The number of anilines is 2. The van der Waals surface area contributed by atoms with Crippen molar-refractivity contribution in [2.24, 2.45) is 5.84 Å². The van der Waals surface area contributed by atoms with Crippen molar-refractivity contribution in [3.63, 3.8) is 0 Å². The van der Waals surface area contributed by atoms with Crippen LogP contribution < -0.4 is 16.2 Å². The Hall–Kier alpha value is -1.41. The summed E-state index contributed by atoms with van der Waals surface area (Å²) in [5.41, 5.74) is 3.64. The fourth-order valence-electron chi connectivity index (χ4n) is 2.42. The molecule has 2 heterocycles. The monoisotopic (exact) mass is 324 g/mol. The SMILES string of the molecule is NNc1nnc(CN2CCN(c3ccccc3Cl)CC2)s1. The molecule has 8 heteroatoms. The summed E-state index contributed by atoms with van der Waals surface area (Å²) in [6, 6.07) is 7.99. The Kier molecular flexibility index (Phi) is 4.54. The second-order valence-electron chi connectivity index (χ2n) is 4.86. The molecule has 1 saturated heterocycles. The molecular formula is C13H17ClN6S. The maximum Gasteiger partial charge on any atom is 0.219 e. The van der Waals surface area contributed by atoms with Gasteiger partial charge in [0, 0.05) is 26.2 Å². The fourth-order valence-corrected chi connectivity index (χ4v) is 3.37. The van der Waals surface area contributed by atoms with E-state index >= 15 is 0 Å². The van der Waals surface area contributed by atoms with Crippen LogP contribution in [0.15, 0.2) is 24.3 Å². The maximum atomic E-state index is 6.25. The fraction of sp³-hybridized carbons (Fsp3) is 0.385. The van der Waals surface area contributed by atoms with E-state index < -0.39 is 0 Å². The summed E-state index contributed by atoms with van der Waals surface area (Å²) in [5.74, 6) is 5.32. The van der Waals surface area contributed by atoms with E-state index in [2.05, 4.69) is 31.5 Å². The minimum absolute atomic E-state index is 0.653. The highest BCUT2D eigenvalue weighted by atomic mass is 35.5. The Morgan fingerprint density at radius 3 is 2.62 bits per heavy atom. The van der Waals surface area contributed by atoms with Crippen LogP contribution in [0.25, 0.3) is 0 Å². The Labute approximate surface area is 132 Å². The van der Waals surface area contributed by atoms with Gasteiger partial charge in [-0.05, 0) is 12.1 Å². The molecule has 2 aromatic rings. The molecule has 0 amide bonds.